The Morgan fingerprint density at radius 2 is 1.88 bits per heavy atom. The van der Waals surface area contributed by atoms with E-state index in [-0.39, 0.29) is 62.0 Å². The fraction of sp³-hybridized carbons (Fsp3) is 0.844. The van der Waals surface area contributed by atoms with Gasteiger partial charge in [-0.05, 0) is 62.9 Å². The normalized spacial score (nSPS) is 52.3. The molecule has 3 heterocycles. The molecule has 13 atom stereocenters. The first kappa shape index (κ1) is 29.8. The van der Waals surface area contributed by atoms with Crippen molar-refractivity contribution >= 4 is 18.2 Å². The molecule has 0 aromatic heterocycles. The average molecular weight is 605 g/mol. The zero-order valence-corrected chi connectivity index (χ0v) is 25.2. The number of aliphatic hydroxyl groups is 2. The Kier molecular flexibility index (Phi) is 7.15. The molecule has 0 aromatic rings. The van der Waals surface area contributed by atoms with Gasteiger partial charge in [0.05, 0.1) is 34.9 Å². The van der Waals surface area contributed by atoms with Crippen LogP contribution in [0.4, 0.5) is 0 Å². The lowest BCUT2D eigenvalue weighted by Gasteiger charge is -2.65. The topological polar surface area (TPSA) is 147 Å². The van der Waals surface area contributed by atoms with E-state index in [1.165, 1.54) is 13.0 Å². The quantitative estimate of drug-likeness (QED) is 0.271. The highest BCUT2D eigenvalue weighted by Gasteiger charge is 2.74. The Morgan fingerprint density at radius 3 is 2.60 bits per heavy atom. The number of hydrogen-bond acceptors (Lipinski definition) is 11. The Labute approximate surface area is 251 Å². The van der Waals surface area contributed by atoms with Crippen LogP contribution >= 0.6 is 0 Å². The van der Waals surface area contributed by atoms with Gasteiger partial charge in [0.2, 0.25) is 0 Å². The first-order chi connectivity index (χ1) is 20.4. The monoisotopic (exact) mass is 604 g/mol. The minimum absolute atomic E-state index is 0.0443. The molecule has 7 rings (SSSR count). The lowest BCUT2D eigenvalue weighted by Crippen LogP contribution is -2.69. The molecule has 4 saturated carbocycles. The molecular formula is C32H44O11. The maximum absolute atomic E-state index is 13.2. The summed E-state index contributed by atoms with van der Waals surface area (Å²) < 4.78 is 35.1. The second-order valence-electron chi connectivity index (χ2n) is 14.5. The van der Waals surface area contributed by atoms with E-state index in [0.717, 1.165) is 18.3 Å². The van der Waals surface area contributed by atoms with Crippen LogP contribution < -0.4 is 0 Å². The number of carbonyl (C=O) groups is 3. The predicted molar refractivity (Wildman–Crippen MR) is 147 cm³/mol. The van der Waals surface area contributed by atoms with Crippen LogP contribution in [0.3, 0.4) is 0 Å². The van der Waals surface area contributed by atoms with Crippen molar-refractivity contribution < 1.29 is 53.0 Å². The number of cyclic esters (lactones) is 1. The molecule has 11 heteroatoms. The number of aldehydes is 1. The van der Waals surface area contributed by atoms with Crippen LogP contribution in [0.1, 0.15) is 78.6 Å². The van der Waals surface area contributed by atoms with Crippen molar-refractivity contribution in [3.8, 4) is 0 Å². The van der Waals surface area contributed by atoms with Crippen LogP contribution in [0.15, 0.2) is 11.6 Å². The number of ether oxygens (including phenoxy) is 6. The highest BCUT2D eigenvalue weighted by atomic mass is 16.8. The molecule has 2 N–H and O–H groups in total. The summed E-state index contributed by atoms with van der Waals surface area (Å²) in [6.07, 6.45) is 4.72. The van der Waals surface area contributed by atoms with E-state index in [1.54, 1.807) is 0 Å². The number of rotatable bonds is 5. The predicted octanol–water partition coefficient (Wildman–Crippen LogP) is 2.34. The molecule has 3 aliphatic heterocycles. The van der Waals surface area contributed by atoms with E-state index in [9.17, 15) is 24.6 Å². The fourth-order valence-corrected chi connectivity index (χ4v) is 10.7. The van der Waals surface area contributed by atoms with Gasteiger partial charge in [-0.1, -0.05) is 6.92 Å². The Hall–Kier alpha value is -1.89. The van der Waals surface area contributed by atoms with Gasteiger partial charge in [0.25, 0.3) is 0 Å². The molecule has 0 amide bonds. The van der Waals surface area contributed by atoms with E-state index < -0.39 is 46.4 Å². The molecule has 0 aromatic carbocycles. The SMILES string of the molecule is CC(=O)O[C@@H]1C[C@@]2(O)[C@@H]3CC[C@@]4(O)C[C@@H](O[C@H]5O[C@H](C)C[C@@H]6OCO[C@H]56)CC[C@@]4(C=O)[C@@H]3CC[C@@]2(C)[C@H]1C1=CC(=O)OC1. The van der Waals surface area contributed by atoms with Crippen LogP contribution in [0.5, 0.6) is 0 Å². The lowest BCUT2D eigenvalue weighted by atomic mass is 9.41. The molecular weight excluding hydrogens is 560 g/mol. The van der Waals surface area contributed by atoms with E-state index in [4.69, 9.17) is 28.4 Å². The largest absolute Gasteiger partial charge is 0.462 e. The van der Waals surface area contributed by atoms with Gasteiger partial charge in [-0.15, -0.1) is 0 Å². The summed E-state index contributed by atoms with van der Waals surface area (Å²) in [5, 5.41) is 25.0. The molecule has 4 aliphatic carbocycles. The first-order valence-electron chi connectivity index (χ1n) is 15.9. The standard InChI is InChI=1S/C32H44O11/c1-17-10-23-27(40-16-39-23)28(41-17)43-20-4-8-30(15-33)21-5-7-29(3)26(19-11-25(35)38-14-19)24(42-18(2)34)13-32(29,37)22(21)6-9-31(30,36)12-20/h11,15,17,20-24,26-28,36-37H,4-10,12-14,16H2,1-3H3/t17-,20+,21-,22-,23+,24-,26+,27+,28-,29+,30-,31-,32-/m1/s1. The van der Waals surface area contributed by atoms with Crippen molar-refractivity contribution in [1.82, 2.24) is 0 Å². The molecule has 6 fully saturated rings. The number of fused-ring (bicyclic) bond motifs is 6. The average Bonchev–Trinajstić information content (AvgIpc) is 3.63. The van der Waals surface area contributed by atoms with Gasteiger partial charge < -0.3 is 43.4 Å². The van der Waals surface area contributed by atoms with Gasteiger partial charge >= 0.3 is 11.9 Å². The second-order valence-corrected chi connectivity index (χ2v) is 14.5. The molecule has 43 heavy (non-hydrogen) atoms. The lowest BCUT2D eigenvalue weighted by molar-refractivity contribution is -0.287. The molecule has 238 valence electrons. The summed E-state index contributed by atoms with van der Waals surface area (Å²) in [5.74, 6) is -1.79. The highest BCUT2D eigenvalue weighted by molar-refractivity contribution is 5.85. The van der Waals surface area contributed by atoms with Crippen molar-refractivity contribution in [2.45, 2.75) is 127 Å². The van der Waals surface area contributed by atoms with Crippen molar-refractivity contribution in [2.75, 3.05) is 13.4 Å². The maximum Gasteiger partial charge on any atom is 0.331 e. The molecule has 0 unspecified atom stereocenters. The van der Waals surface area contributed by atoms with Crippen LogP contribution in [0.2, 0.25) is 0 Å². The van der Waals surface area contributed by atoms with Crippen molar-refractivity contribution in [3.05, 3.63) is 11.6 Å². The molecule has 7 aliphatic rings. The molecule has 0 radical (unpaired) electrons. The summed E-state index contributed by atoms with van der Waals surface area (Å²) >= 11 is 0. The van der Waals surface area contributed by atoms with Crippen molar-refractivity contribution in [1.29, 1.82) is 0 Å². The first-order valence-corrected chi connectivity index (χ1v) is 15.9. The van der Waals surface area contributed by atoms with E-state index >= 15 is 0 Å². The highest BCUT2D eigenvalue weighted by Crippen LogP contribution is 2.70. The van der Waals surface area contributed by atoms with Gasteiger partial charge in [-0.25, -0.2) is 4.79 Å². The summed E-state index contributed by atoms with van der Waals surface area (Å²) in [7, 11) is 0. The third kappa shape index (κ3) is 4.32. The molecule has 0 bridgehead atoms. The van der Waals surface area contributed by atoms with Crippen LogP contribution in [0.25, 0.3) is 0 Å². The summed E-state index contributed by atoms with van der Waals surface area (Å²) in [6, 6.07) is 0. The molecule has 2 saturated heterocycles. The third-order valence-electron chi connectivity index (χ3n) is 12.5. The van der Waals surface area contributed by atoms with E-state index in [1.807, 2.05) is 13.8 Å². The van der Waals surface area contributed by atoms with Crippen molar-refractivity contribution in [3.63, 3.8) is 0 Å². The van der Waals surface area contributed by atoms with Gasteiger partial charge in [0.15, 0.2) is 6.29 Å². The zero-order valence-electron chi connectivity index (χ0n) is 25.2. The van der Waals surface area contributed by atoms with Crippen molar-refractivity contribution in [2.24, 2.45) is 28.6 Å². The number of esters is 2. The smallest absolute Gasteiger partial charge is 0.331 e. The van der Waals surface area contributed by atoms with Gasteiger partial charge in [-0.2, -0.15) is 0 Å². The second kappa shape index (κ2) is 10.3. The molecule has 11 nitrogen and oxygen atoms in total. The Bertz CT molecular complexity index is 1200. The summed E-state index contributed by atoms with van der Waals surface area (Å²) in [4.78, 5) is 37.4. The van der Waals surface area contributed by atoms with Gasteiger partial charge in [-0.3, -0.25) is 4.79 Å². The third-order valence-corrected chi connectivity index (χ3v) is 12.5. The van der Waals surface area contributed by atoms with Crippen LogP contribution in [-0.4, -0.2) is 89.8 Å². The van der Waals surface area contributed by atoms with Gasteiger partial charge in [0.1, 0.15) is 31.9 Å². The minimum atomic E-state index is -1.29. The van der Waals surface area contributed by atoms with Gasteiger partial charge in [0, 0.05) is 43.6 Å². The number of hydrogen-bond donors (Lipinski definition) is 2. The Balaban J connectivity index is 1.15. The fourth-order valence-electron chi connectivity index (χ4n) is 10.7. The van der Waals surface area contributed by atoms with E-state index in [2.05, 4.69) is 0 Å². The summed E-state index contributed by atoms with van der Waals surface area (Å²) in [6.45, 7) is 5.68. The number of carbonyl (C=O) groups excluding carboxylic acids is 3. The minimum Gasteiger partial charge on any atom is -0.462 e. The van der Waals surface area contributed by atoms with Crippen LogP contribution in [-0.2, 0) is 42.8 Å². The Morgan fingerprint density at radius 1 is 1.09 bits per heavy atom. The van der Waals surface area contributed by atoms with E-state index in [0.29, 0.717) is 44.9 Å². The summed E-state index contributed by atoms with van der Waals surface area (Å²) in [5.41, 5.74) is -3.57. The molecule has 0 spiro atoms. The zero-order chi connectivity index (χ0) is 30.4. The maximum atomic E-state index is 13.2. The van der Waals surface area contributed by atoms with Crippen LogP contribution in [0, 0.1) is 28.6 Å².